The van der Waals surface area contributed by atoms with Gasteiger partial charge in [0, 0.05) is 6.61 Å². The van der Waals surface area contributed by atoms with Crippen molar-refractivity contribution in [1.82, 2.24) is 0 Å². The van der Waals surface area contributed by atoms with Gasteiger partial charge in [0.2, 0.25) is 0 Å². The molecule has 0 amide bonds. The van der Waals surface area contributed by atoms with E-state index in [1.165, 1.54) is 0 Å². The number of carbonyl (C=O) groups excluding carboxylic acids is 1. The van der Waals surface area contributed by atoms with E-state index in [-0.39, 0.29) is 12.1 Å². The molecule has 4 heteroatoms. The minimum Gasteiger partial charge on any atom is -0.465 e. The molecule has 0 aliphatic carbocycles. The van der Waals surface area contributed by atoms with Crippen molar-refractivity contribution in [3.8, 4) is 0 Å². The fourth-order valence-corrected chi connectivity index (χ4v) is 1.46. The van der Waals surface area contributed by atoms with Gasteiger partial charge in [0.1, 0.15) is 6.04 Å². The molecular weight excluding hydrogens is 170 g/mol. The van der Waals surface area contributed by atoms with Crippen molar-refractivity contribution >= 4 is 5.97 Å². The van der Waals surface area contributed by atoms with E-state index in [2.05, 4.69) is 0 Å². The first-order valence-electron chi connectivity index (χ1n) is 4.78. The summed E-state index contributed by atoms with van der Waals surface area (Å²) in [5, 5.41) is 0. The summed E-state index contributed by atoms with van der Waals surface area (Å²) in [4.78, 5) is 11.1. The van der Waals surface area contributed by atoms with E-state index in [1.807, 2.05) is 0 Å². The third-order valence-corrected chi connectivity index (χ3v) is 2.13. The molecule has 2 N–H and O–H groups in total. The van der Waals surface area contributed by atoms with Gasteiger partial charge < -0.3 is 15.2 Å². The standard InChI is InChI=1S/C9H17NO3/c1-2-12-9(11)8(10)6-7-4-3-5-13-7/h7-8H,2-6,10H2,1H3/t7-,8-/m1/s1. The molecule has 0 radical (unpaired) electrons. The lowest BCUT2D eigenvalue weighted by molar-refractivity contribution is -0.145. The molecule has 13 heavy (non-hydrogen) atoms. The average molecular weight is 187 g/mol. The van der Waals surface area contributed by atoms with Gasteiger partial charge in [-0.2, -0.15) is 0 Å². The fourth-order valence-electron chi connectivity index (χ4n) is 1.46. The second-order valence-corrected chi connectivity index (χ2v) is 3.23. The minimum atomic E-state index is -0.525. The summed E-state index contributed by atoms with van der Waals surface area (Å²) < 4.78 is 10.2. The Kier molecular flexibility index (Phi) is 4.18. The van der Waals surface area contributed by atoms with Crippen LogP contribution in [0, 0.1) is 0 Å². The van der Waals surface area contributed by atoms with Crippen LogP contribution in [0.3, 0.4) is 0 Å². The predicted molar refractivity (Wildman–Crippen MR) is 48.2 cm³/mol. The van der Waals surface area contributed by atoms with Crippen LogP contribution < -0.4 is 5.73 Å². The lowest BCUT2D eigenvalue weighted by atomic mass is 10.1. The smallest absolute Gasteiger partial charge is 0.322 e. The van der Waals surface area contributed by atoms with E-state index >= 15 is 0 Å². The highest BCUT2D eigenvalue weighted by Crippen LogP contribution is 2.16. The normalized spacial score (nSPS) is 24.3. The Hall–Kier alpha value is -0.610. The lowest BCUT2D eigenvalue weighted by Gasteiger charge is -2.14. The third-order valence-electron chi connectivity index (χ3n) is 2.13. The largest absolute Gasteiger partial charge is 0.465 e. The topological polar surface area (TPSA) is 61.5 Å². The van der Waals surface area contributed by atoms with Crippen LogP contribution in [0.2, 0.25) is 0 Å². The monoisotopic (exact) mass is 187 g/mol. The number of ether oxygens (including phenoxy) is 2. The van der Waals surface area contributed by atoms with E-state index in [1.54, 1.807) is 6.92 Å². The maximum absolute atomic E-state index is 11.1. The number of carbonyl (C=O) groups is 1. The Morgan fingerprint density at radius 1 is 1.77 bits per heavy atom. The zero-order valence-electron chi connectivity index (χ0n) is 7.99. The Morgan fingerprint density at radius 2 is 2.54 bits per heavy atom. The van der Waals surface area contributed by atoms with Gasteiger partial charge in [-0.3, -0.25) is 4.79 Å². The number of hydrogen-bond donors (Lipinski definition) is 1. The molecule has 1 fully saturated rings. The zero-order chi connectivity index (χ0) is 9.68. The number of hydrogen-bond acceptors (Lipinski definition) is 4. The highest BCUT2D eigenvalue weighted by molar-refractivity contribution is 5.75. The zero-order valence-corrected chi connectivity index (χ0v) is 7.99. The first-order valence-corrected chi connectivity index (χ1v) is 4.78. The highest BCUT2D eigenvalue weighted by atomic mass is 16.5. The summed E-state index contributed by atoms with van der Waals surface area (Å²) in [6, 6.07) is -0.525. The van der Waals surface area contributed by atoms with Crippen LogP contribution in [-0.4, -0.2) is 31.3 Å². The molecule has 1 heterocycles. The number of esters is 1. The van der Waals surface area contributed by atoms with E-state index in [4.69, 9.17) is 15.2 Å². The van der Waals surface area contributed by atoms with Crippen molar-refractivity contribution in [3.63, 3.8) is 0 Å². The van der Waals surface area contributed by atoms with Gasteiger partial charge in [-0.05, 0) is 26.2 Å². The summed E-state index contributed by atoms with van der Waals surface area (Å²) in [7, 11) is 0. The summed E-state index contributed by atoms with van der Waals surface area (Å²) in [5.41, 5.74) is 5.63. The molecule has 76 valence electrons. The molecular formula is C9H17NO3. The SMILES string of the molecule is CCOC(=O)[C@H](N)C[C@H]1CCCO1. The molecule has 2 atom stereocenters. The molecule has 0 aromatic rings. The maximum atomic E-state index is 11.1. The van der Waals surface area contributed by atoms with Crippen molar-refractivity contribution in [1.29, 1.82) is 0 Å². The molecule has 0 aromatic carbocycles. The van der Waals surface area contributed by atoms with Gasteiger partial charge >= 0.3 is 5.97 Å². The van der Waals surface area contributed by atoms with Crippen molar-refractivity contribution in [2.24, 2.45) is 5.73 Å². The van der Waals surface area contributed by atoms with Crippen molar-refractivity contribution in [2.75, 3.05) is 13.2 Å². The molecule has 1 aliphatic heterocycles. The van der Waals surface area contributed by atoms with Crippen molar-refractivity contribution < 1.29 is 14.3 Å². The molecule has 0 spiro atoms. The summed E-state index contributed by atoms with van der Waals surface area (Å²) >= 11 is 0. The minimum absolute atomic E-state index is 0.152. The molecule has 0 unspecified atom stereocenters. The highest BCUT2D eigenvalue weighted by Gasteiger charge is 2.23. The van der Waals surface area contributed by atoms with Crippen LogP contribution in [0.5, 0.6) is 0 Å². The molecule has 0 saturated carbocycles. The van der Waals surface area contributed by atoms with Gasteiger partial charge in [0.05, 0.1) is 12.7 Å². The molecule has 1 saturated heterocycles. The Labute approximate surface area is 78.4 Å². The molecule has 1 rings (SSSR count). The second kappa shape index (κ2) is 5.19. The first kappa shape index (κ1) is 10.5. The van der Waals surface area contributed by atoms with Gasteiger partial charge in [-0.25, -0.2) is 0 Å². The molecule has 0 bridgehead atoms. The Bertz CT molecular complexity index is 166. The van der Waals surface area contributed by atoms with Crippen LogP contribution in [0.15, 0.2) is 0 Å². The molecule has 4 nitrogen and oxygen atoms in total. The predicted octanol–water partition coefficient (Wildman–Crippen LogP) is 0.446. The third kappa shape index (κ3) is 3.32. The Morgan fingerprint density at radius 3 is 3.08 bits per heavy atom. The van der Waals surface area contributed by atoms with E-state index in [0.717, 1.165) is 19.4 Å². The van der Waals surface area contributed by atoms with Gasteiger partial charge in [0.15, 0.2) is 0 Å². The van der Waals surface area contributed by atoms with Crippen LogP contribution in [-0.2, 0) is 14.3 Å². The van der Waals surface area contributed by atoms with Gasteiger partial charge in [-0.1, -0.05) is 0 Å². The van der Waals surface area contributed by atoms with Crippen LogP contribution >= 0.6 is 0 Å². The fraction of sp³-hybridized carbons (Fsp3) is 0.889. The lowest BCUT2D eigenvalue weighted by Crippen LogP contribution is -2.35. The maximum Gasteiger partial charge on any atom is 0.322 e. The van der Waals surface area contributed by atoms with Crippen LogP contribution in [0.1, 0.15) is 26.2 Å². The average Bonchev–Trinajstić information content (AvgIpc) is 2.57. The van der Waals surface area contributed by atoms with E-state index < -0.39 is 6.04 Å². The summed E-state index contributed by atoms with van der Waals surface area (Å²) in [6.45, 7) is 2.95. The van der Waals surface area contributed by atoms with Crippen LogP contribution in [0.25, 0.3) is 0 Å². The quantitative estimate of drug-likeness (QED) is 0.649. The van der Waals surface area contributed by atoms with Crippen molar-refractivity contribution in [3.05, 3.63) is 0 Å². The van der Waals surface area contributed by atoms with Crippen LogP contribution in [0.4, 0.5) is 0 Å². The number of nitrogens with two attached hydrogens (primary N) is 1. The van der Waals surface area contributed by atoms with Crippen molar-refractivity contribution in [2.45, 2.75) is 38.3 Å². The Balaban J connectivity index is 2.22. The molecule has 1 aliphatic rings. The van der Waals surface area contributed by atoms with Gasteiger partial charge in [0.25, 0.3) is 0 Å². The number of rotatable bonds is 4. The first-order chi connectivity index (χ1) is 6.24. The van der Waals surface area contributed by atoms with Gasteiger partial charge in [-0.15, -0.1) is 0 Å². The summed E-state index contributed by atoms with van der Waals surface area (Å²) in [6.07, 6.45) is 2.81. The second-order valence-electron chi connectivity index (χ2n) is 3.23. The van der Waals surface area contributed by atoms with E-state index in [0.29, 0.717) is 13.0 Å². The molecule has 0 aromatic heterocycles. The van der Waals surface area contributed by atoms with E-state index in [9.17, 15) is 4.79 Å². The summed E-state index contributed by atoms with van der Waals surface area (Å²) in [5.74, 6) is -0.321.